The number of carbonyl (C=O) groups excluding carboxylic acids is 1. The Morgan fingerprint density at radius 2 is 2.06 bits per heavy atom. The average Bonchev–Trinajstić information content (AvgIpc) is 2.30. The number of esters is 1. The van der Waals surface area contributed by atoms with Gasteiger partial charge in [0.1, 0.15) is 5.82 Å². The highest BCUT2D eigenvalue weighted by Crippen LogP contribution is 2.28. The van der Waals surface area contributed by atoms with Crippen LogP contribution in [-0.2, 0) is 9.53 Å². The fraction of sp³-hybridized carbons (Fsp3) is 0.300. The van der Waals surface area contributed by atoms with Crippen LogP contribution in [0, 0.1) is 17.5 Å². The van der Waals surface area contributed by atoms with Gasteiger partial charge in [0.2, 0.25) is 0 Å². The van der Waals surface area contributed by atoms with Crippen LogP contribution in [0.2, 0.25) is 0 Å². The number of ether oxygens (including phenoxy) is 1. The molecule has 0 saturated heterocycles. The SMILES string of the molecule is CCOC(=O)C(O)c1cc(F)c(Br)c(F)c1F. The lowest BCUT2D eigenvalue weighted by molar-refractivity contribution is -0.153. The van der Waals surface area contributed by atoms with E-state index in [1.165, 1.54) is 6.92 Å². The van der Waals surface area contributed by atoms with Crippen LogP contribution < -0.4 is 0 Å². The van der Waals surface area contributed by atoms with E-state index >= 15 is 0 Å². The van der Waals surface area contributed by atoms with Crippen molar-refractivity contribution < 1.29 is 27.8 Å². The first-order chi connectivity index (χ1) is 7.90. The first-order valence-electron chi connectivity index (χ1n) is 4.57. The van der Waals surface area contributed by atoms with Gasteiger partial charge in [0.25, 0.3) is 0 Å². The van der Waals surface area contributed by atoms with Crippen LogP contribution in [0.3, 0.4) is 0 Å². The van der Waals surface area contributed by atoms with Crippen molar-refractivity contribution in [3.05, 3.63) is 33.6 Å². The molecule has 0 aliphatic rings. The molecule has 17 heavy (non-hydrogen) atoms. The predicted octanol–water partition coefficient (Wildman–Crippen LogP) is 2.46. The van der Waals surface area contributed by atoms with Gasteiger partial charge in [-0.1, -0.05) is 0 Å². The maximum Gasteiger partial charge on any atom is 0.339 e. The molecule has 7 heteroatoms. The molecule has 1 N–H and O–H groups in total. The molecule has 0 fully saturated rings. The number of carbonyl (C=O) groups is 1. The Hall–Kier alpha value is -1.08. The summed E-state index contributed by atoms with van der Waals surface area (Å²) in [5, 5.41) is 9.38. The van der Waals surface area contributed by atoms with Gasteiger partial charge in [-0.25, -0.2) is 18.0 Å². The topological polar surface area (TPSA) is 46.5 Å². The van der Waals surface area contributed by atoms with Gasteiger partial charge in [0.05, 0.1) is 11.1 Å². The summed E-state index contributed by atoms with van der Waals surface area (Å²) in [7, 11) is 0. The minimum absolute atomic E-state index is 0.0427. The Labute approximate surface area is 103 Å². The molecule has 94 valence electrons. The van der Waals surface area contributed by atoms with Crippen molar-refractivity contribution in [2.75, 3.05) is 6.61 Å². The van der Waals surface area contributed by atoms with E-state index in [1.54, 1.807) is 0 Å². The molecule has 0 aliphatic heterocycles. The minimum atomic E-state index is -2.06. The lowest BCUT2D eigenvalue weighted by atomic mass is 10.1. The first kappa shape index (κ1) is 14.0. The van der Waals surface area contributed by atoms with Gasteiger partial charge in [0.15, 0.2) is 17.7 Å². The van der Waals surface area contributed by atoms with Gasteiger partial charge >= 0.3 is 5.97 Å². The first-order valence-corrected chi connectivity index (χ1v) is 5.37. The number of aliphatic hydroxyl groups is 1. The molecule has 3 nitrogen and oxygen atoms in total. The molecular weight excluding hydrogens is 305 g/mol. The van der Waals surface area contributed by atoms with Crippen LogP contribution in [0.25, 0.3) is 0 Å². The van der Waals surface area contributed by atoms with Crippen molar-refractivity contribution in [1.82, 2.24) is 0 Å². The molecule has 0 amide bonds. The lowest BCUT2D eigenvalue weighted by Gasteiger charge is -2.12. The molecule has 1 unspecified atom stereocenters. The molecule has 0 heterocycles. The second-order valence-corrected chi connectivity index (χ2v) is 3.84. The third-order valence-corrected chi connectivity index (χ3v) is 2.66. The number of rotatable bonds is 3. The third kappa shape index (κ3) is 2.78. The smallest absolute Gasteiger partial charge is 0.339 e. The van der Waals surface area contributed by atoms with Crippen molar-refractivity contribution >= 4 is 21.9 Å². The van der Waals surface area contributed by atoms with Crippen molar-refractivity contribution in [3.8, 4) is 0 Å². The van der Waals surface area contributed by atoms with Crippen LogP contribution in [0.4, 0.5) is 13.2 Å². The van der Waals surface area contributed by atoms with Crippen LogP contribution in [0.1, 0.15) is 18.6 Å². The average molecular weight is 313 g/mol. The van der Waals surface area contributed by atoms with E-state index in [-0.39, 0.29) is 6.61 Å². The zero-order valence-electron chi connectivity index (χ0n) is 8.64. The van der Waals surface area contributed by atoms with Gasteiger partial charge in [-0.2, -0.15) is 0 Å². The molecule has 1 rings (SSSR count). The monoisotopic (exact) mass is 312 g/mol. The summed E-state index contributed by atoms with van der Waals surface area (Å²) in [6.45, 7) is 1.43. The fourth-order valence-electron chi connectivity index (χ4n) is 1.14. The van der Waals surface area contributed by atoms with E-state index in [0.717, 1.165) is 0 Å². The minimum Gasteiger partial charge on any atom is -0.464 e. The quantitative estimate of drug-likeness (QED) is 0.530. The molecule has 0 spiro atoms. The van der Waals surface area contributed by atoms with Crippen LogP contribution in [0.5, 0.6) is 0 Å². The molecule has 1 atom stereocenters. The van der Waals surface area contributed by atoms with E-state index in [4.69, 9.17) is 0 Å². The summed E-state index contributed by atoms with van der Waals surface area (Å²) in [6, 6.07) is 0.532. The van der Waals surface area contributed by atoms with Gasteiger partial charge in [-0.05, 0) is 28.9 Å². The molecule has 0 saturated carbocycles. The van der Waals surface area contributed by atoms with Crippen molar-refractivity contribution in [2.45, 2.75) is 13.0 Å². The highest BCUT2D eigenvalue weighted by Gasteiger charge is 2.27. The van der Waals surface area contributed by atoms with E-state index < -0.39 is 39.6 Å². The fourth-order valence-corrected chi connectivity index (χ4v) is 1.43. The predicted molar refractivity (Wildman–Crippen MR) is 55.6 cm³/mol. The van der Waals surface area contributed by atoms with Crippen LogP contribution in [0.15, 0.2) is 10.5 Å². The van der Waals surface area contributed by atoms with Crippen molar-refractivity contribution in [2.24, 2.45) is 0 Å². The van der Waals surface area contributed by atoms with Crippen LogP contribution in [-0.4, -0.2) is 17.7 Å². The zero-order valence-corrected chi connectivity index (χ0v) is 10.2. The molecular formula is C10H8BrF3O3. The van der Waals surface area contributed by atoms with Gasteiger partial charge < -0.3 is 9.84 Å². The molecule has 0 bridgehead atoms. The molecule has 0 aromatic heterocycles. The highest BCUT2D eigenvalue weighted by molar-refractivity contribution is 9.10. The van der Waals surface area contributed by atoms with E-state index in [1.807, 2.05) is 0 Å². The largest absolute Gasteiger partial charge is 0.464 e. The van der Waals surface area contributed by atoms with Gasteiger partial charge in [-0.15, -0.1) is 0 Å². The number of hydrogen-bond acceptors (Lipinski definition) is 3. The zero-order chi connectivity index (χ0) is 13.2. The lowest BCUT2D eigenvalue weighted by Crippen LogP contribution is -2.17. The molecule has 1 aromatic rings. The number of aliphatic hydroxyl groups excluding tert-OH is 1. The standard InChI is InChI=1S/C10H8BrF3O3/c1-2-17-10(16)9(15)4-3-5(12)6(11)8(14)7(4)13/h3,9,15H,2H2,1H3. The second kappa shape index (κ2) is 5.50. The third-order valence-electron chi connectivity index (χ3n) is 1.94. The maximum atomic E-state index is 13.4. The van der Waals surface area contributed by atoms with Crippen molar-refractivity contribution in [3.63, 3.8) is 0 Å². The van der Waals surface area contributed by atoms with E-state index in [0.29, 0.717) is 6.07 Å². The summed E-state index contributed by atoms with van der Waals surface area (Å²) in [6.07, 6.45) is -2.06. The van der Waals surface area contributed by atoms with E-state index in [2.05, 4.69) is 20.7 Å². The highest BCUT2D eigenvalue weighted by atomic mass is 79.9. The summed E-state index contributed by atoms with van der Waals surface area (Å²) in [5.74, 6) is -5.31. The number of benzene rings is 1. The molecule has 0 radical (unpaired) electrons. The second-order valence-electron chi connectivity index (χ2n) is 3.04. The Morgan fingerprint density at radius 3 is 2.59 bits per heavy atom. The summed E-state index contributed by atoms with van der Waals surface area (Å²) < 4.78 is 43.3. The Morgan fingerprint density at radius 1 is 1.47 bits per heavy atom. The Kier molecular flexibility index (Phi) is 4.53. The van der Waals surface area contributed by atoms with Gasteiger partial charge in [-0.3, -0.25) is 0 Å². The van der Waals surface area contributed by atoms with Gasteiger partial charge in [0, 0.05) is 5.56 Å². The Balaban J connectivity index is 3.19. The number of hydrogen-bond donors (Lipinski definition) is 1. The van der Waals surface area contributed by atoms with Crippen molar-refractivity contribution in [1.29, 1.82) is 0 Å². The molecule has 0 aliphatic carbocycles. The number of halogens is 4. The van der Waals surface area contributed by atoms with E-state index in [9.17, 15) is 23.1 Å². The summed E-state index contributed by atoms with van der Waals surface area (Å²) >= 11 is 2.49. The normalized spacial score (nSPS) is 12.4. The molecule has 1 aromatic carbocycles. The maximum absolute atomic E-state index is 13.4. The summed E-state index contributed by atoms with van der Waals surface area (Å²) in [5.41, 5.74) is -0.804. The van der Waals surface area contributed by atoms with Crippen LogP contribution >= 0.6 is 15.9 Å². The Bertz CT molecular complexity index is 451. The summed E-state index contributed by atoms with van der Waals surface area (Å²) in [4.78, 5) is 11.1.